The van der Waals surface area contributed by atoms with Crippen LogP contribution in [0.4, 0.5) is 5.69 Å². The number of hydrogen-bond donors (Lipinski definition) is 1. The molecule has 0 bridgehead atoms. The van der Waals surface area contributed by atoms with Crippen LogP contribution in [0.15, 0.2) is 24.3 Å². The predicted octanol–water partition coefficient (Wildman–Crippen LogP) is 5.02. The molecule has 0 radical (unpaired) electrons. The average molecular weight is 245 g/mol. The second kappa shape index (κ2) is 5.77. The Morgan fingerprint density at radius 2 is 1.89 bits per heavy atom. The van der Waals surface area contributed by atoms with Crippen molar-refractivity contribution in [3.63, 3.8) is 0 Å². The number of aryl methyl sites for hydroxylation is 1. The molecule has 100 valence electrons. The lowest BCUT2D eigenvalue weighted by Gasteiger charge is -2.39. The van der Waals surface area contributed by atoms with Gasteiger partial charge in [0.15, 0.2) is 0 Å². The second-order valence-corrected chi connectivity index (χ2v) is 6.38. The molecule has 1 atom stereocenters. The molecule has 0 amide bonds. The van der Waals surface area contributed by atoms with Gasteiger partial charge in [0, 0.05) is 11.7 Å². The summed E-state index contributed by atoms with van der Waals surface area (Å²) in [5, 5.41) is 3.74. The SMILES string of the molecule is CCCc1ccc(NC2CCCCC2(C)C)cc1. The molecule has 1 fully saturated rings. The Morgan fingerprint density at radius 1 is 1.17 bits per heavy atom. The third-order valence-corrected chi connectivity index (χ3v) is 4.34. The summed E-state index contributed by atoms with van der Waals surface area (Å²) in [6.45, 7) is 7.03. The lowest BCUT2D eigenvalue weighted by molar-refractivity contribution is 0.217. The minimum absolute atomic E-state index is 0.431. The van der Waals surface area contributed by atoms with Gasteiger partial charge in [0.25, 0.3) is 0 Å². The van der Waals surface area contributed by atoms with Gasteiger partial charge in [0.2, 0.25) is 0 Å². The van der Waals surface area contributed by atoms with E-state index in [4.69, 9.17) is 0 Å². The second-order valence-electron chi connectivity index (χ2n) is 6.38. The van der Waals surface area contributed by atoms with E-state index in [9.17, 15) is 0 Å². The fraction of sp³-hybridized carbons (Fsp3) is 0.647. The minimum Gasteiger partial charge on any atom is -0.382 e. The topological polar surface area (TPSA) is 12.0 Å². The molecule has 0 aliphatic heterocycles. The van der Waals surface area contributed by atoms with Crippen molar-refractivity contribution in [1.82, 2.24) is 0 Å². The lowest BCUT2D eigenvalue weighted by Crippen LogP contribution is -2.38. The molecule has 1 aromatic rings. The third kappa shape index (κ3) is 3.28. The Labute approximate surface area is 112 Å². The van der Waals surface area contributed by atoms with E-state index in [0.29, 0.717) is 11.5 Å². The first kappa shape index (κ1) is 13.5. The maximum atomic E-state index is 3.74. The van der Waals surface area contributed by atoms with Gasteiger partial charge < -0.3 is 5.32 Å². The normalized spacial score (nSPS) is 22.7. The van der Waals surface area contributed by atoms with Crippen molar-refractivity contribution in [3.8, 4) is 0 Å². The van der Waals surface area contributed by atoms with Crippen LogP contribution in [0.1, 0.15) is 58.4 Å². The Hall–Kier alpha value is -0.980. The van der Waals surface area contributed by atoms with Gasteiger partial charge in [0.05, 0.1) is 0 Å². The van der Waals surface area contributed by atoms with Gasteiger partial charge >= 0.3 is 0 Å². The molecule has 0 spiro atoms. The van der Waals surface area contributed by atoms with Crippen molar-refractivity contribution >= 4 is 5.69 Å². The van der Waals surface area contributed by atoms with Crippen molar-refractivity contribution in [3.05, 3.63) is 29.8 Å². The van der Waals surface area contributed by atoms with Crippen LogP contribution < -0.4 is 5.32 Å². The average Bonchev–Trinajstić information content (AvgIpc) is 2.34. The van der Waals surface area contributed by atoms with E-state index in [2.05, 4.69) is 50.4 Å². The van der Waals surface area contributed by atoms with E-state index < -0.39 is 0 Å². The zero-order valence-electron chi connectivity index (χ0n) is 12.1. The molecule has 0 heterocycles. The zero-order valence-corrected chi connectivity index (χ0v) is 12.1. The van der Waals surface area contributed by atoms with E-state index >= 15 is 0 Å². The zero-order chi connectivity index (χ0) is 13.0. The molecule has 2 rings (SSSR count). The standard InChI is InChI=1S/C17H27N/c1-4-7-14-9-11-15(12-10-14)18-16-8-5-6-13-17(16,2)3/h9-12,16,18H,4-8,13H2,1-3H3. The molecule has 0 saturated heterocycles. The molecule has 1 aromatic carbocycles. The lowest BCUT2D eigenvalue weighted by atomic mass is 9.73. The summed E-state index contributed by atoms with van der Waals surface area (Å²) in [4.78, 5) is 0. The van der Waals surface area contributed by atoms with Crippen LogP contribution in [-0.4, -0.2) is 6.04 Å². The maximum Gasteiger partial charge on any atom is 0.0342 e. The Kier molecular flexibility index (Phi) is 4.31. The fourth-order valence-corrected chi connectivity index (χ4v) is 3.02. The van der Waals surface area contributed by atoms with Crippen LogP contribution in [0.2, 0.25) is 0 Å². The molecule has 0 aromatic heterocycles. The molecule has 1 unspecified atom stereocenters. The van der Waals surface area contributed by atoms with Crippen molar-refractivity contribution in [2.24, 2.45) is 5.41 Å². The molecule has 1 N–H and O–H groups in total. The van der Waals surface area contributed by atoms with Crippen LogP contribution in [0.5, 0.6) is 0 Å². The van der Waals surface area contributed by atoms with E-state index in [1.807, 2.05) is 0 Å². The summed E-state index contributed by atoms with van der Waals surface area (Å²) < 4.78 is 0. The van der Waals surface area contributed by atoms with Crippen molar-refractivity contribution in [2.75, 3.05) is 5.32 Å². The largest absolute Gasteiger partial charge is 0.382 e. The van der Waals surface area contributed by atoms with Gasteiger partial charge in [-0.3, -0.25) is 0 Å². The quantitative estimate of drug-likeness (QED) is 0.785. The Balaban J connectivity index is 1.99. The van der Waals surface area contributed by atoms with Crippen LogP contribution in [0.25, 0.3) is 0 Å². The number of nitrogens with one attached hydrogen (secondary N) is 1. The summed E-state index contributed by atoms with van der Waals surface area (Å²) in [5.74, 6) is 0. The number of hydrogen-bond acceptors (Lipinski definition) is 1. The molecule has 18 heavy (non-hydrogen) atoms. The number of rotatable bonds is 4. The maximum absolute atomic E-state index is 3.74. The Morgan fingerprint density at radius 3 is 2.50 bits per heavy atom. The van der Waals surface area contributed by atoms with Gasteiger partial charge in [0.1, 0.15) is 0 Å². The minimum atomic E-state index is 0.431. The molecule has 1 nitrogen and oxygen atoms in total. The fourth-order valence-electron chi connectivity index (χ4n) is 3.02. The highest BCUT2D eigenvalue weighted by atomic mass is 14.9. The molecule has 1 saturated carbocycles. The Bertz CT molecular complexity index is 364. The van der Waals surface area contributed by atoms with E-state index in [1.54, 1.807) is 0 Å². The molecule has 1 aliphatic rings. The van der Waals surface area contributed by atoms with E-state index in [-0.39, 0.29) is 0 Å². The van der Waals surface area contributed by atoms with Gasteiger partial charge in [-0.05, 0) is 42.4 Å². The highest BCUT2D eigenvalue weighted by Gasteiger charge is 2.31. The molecule has 1 aliphatic carbocycles. The number of anilines is 1. The first-order valence-corrected chi connectivity index (χ1v) is 7.47. The smallest absolute Gasteiger partial charge is 0.0342 e. The van der Waals surface area contributed by atoms with Crippen LogP contribution >= 0.6 is 0 Å². The van der Waals surface area contributed by atoms with Crippen molar-refractivity contribution < 1.29 is 0 Å². The summed E-state index contributed by atoms with van der Waals surface area (Å²) in [7, 11) is 0. The summed E-state index contributed by atoms with van der Waals surface area (Å²) in [6, 6.07) is 9.65. The molecule has 1 heteroatoms. The first-order valence-electron chi connectivity index (χ1n) is 7.47. The summed E-state index contributed by atoms with van der Waals surface area (Å²) >= 11 is 0. The predicted molar refractivity (Wildman–Crippen MR) is 80.1 cm³/mol. The van der Waals surface area contributed by atoms with Gasteiger partial charge in [-0.25, -0.2) is 0 Å². The highest BCUT2D eigenvalue weighted by Crippen LogP contribution is 2.37. The van der Waals surface area contributed by atoms with Crippen molar-refractivity contribution in [2.45, 2.75) is 65.3 Å². The first-order chi connectivity index (χ1) is 8.62. The molecular formula is C17H27N. The van der Waals surface area contributed by atoms with Crippen LogP contribution in [0, 0.1) is 5.41 Å². The monoisotopic (exact) mass is 245 g/mol. The van der Waals surface area contributed by atoms with Gasteiger partial charge in [-0.2, -0.15) is 0 Å². The van der Waals surface area contributed by atoms with E-state index in [0.717, 1.165) is 0 Å². The summed E-state index contributed by atoms with van der Waals surface area (Å²) in [6.07, 6.45) is 7.83. The van der Waals surface area contributed by atoms with Crippen LogP contribution in [-0.2, 0) is 6.42 Å². The highest BCUT2D eigenvalue weighted by molar-refractivity contribution is 5.46. The van der Waals surface area contributed by atoms with E-state index in [1.165, 1.54) is 49.8 Å². The van der Waals surface area contributed by atoms with Gasteiger partial charge in [-0.1, -0.05) is 52.2 Å². The third-order valence-electron chi connectivity index (χ3n) is 4.34. The van der Waals surface area contributed by atoms with Gasteiger partial charge in [-0.15, -0.1) is 0 Å². The number of benzene rings is 1. The molecular weight excluding hydrogens is 218 g/mol. The summed E-state index contributed by atoms with van der Waals surface area (Å²) in [5.41, 5.74) is 3.17. The van der Waals surface area contributed by atoms with Crippen LogP contribution in [0.3, 0.4) is 0 Å². The van der Waals surface area contributed by atoms with Crippen molar-refractivity contribution in [1.29, 1.82) is 0 Å².